The summed E-state index contributed by atoms with van der Waals surface area (Å²) in [6, 6.07) is 6.66. The van der Waals surface area contributed by atoms with Crippen molar-refractivity contribution in [2.45, 2.75) is 76.0 Å². The van der Waals surface area contributed by atoms with Crippen molar-refractivity contribution >= 4 is 37.7 Å². The largest absolute Gasteiger partial charge is 0.490 e. The Kier molecular flexibility index (Phi) is 9.32. The Bertz CT molecular complexity index is 1340. The first-order valence-corrected chi connectivity index (χ1v) is 14.2. The van der Waals surface area contributed by atoms with Crippen molar-refractivity contribution in [2.75, 3.05) is 12.9 Å². The van der Waals surface area contributed by atoms with Crippen LogP contribution < -0.4 is 10.2 Å². The Morgan fingerprint density at radius 2 is 1.54 bits per heavy atom. The lowest BCUT2D eigenvalue weighted by molar-refractivity contribution is 0.0697. The summed E-state index contributed by atoms with van der Waals surface area (Å²) in [6.45, 7) is 2.59. The summed E-state index contributed by atoms with van der Waals surface area (Å²) < 4.78 is 36.3. The SMILES string of the molecule is CCCCCCCCCCCCOc1cc(S(C)(=O)=O)cc2c(=O)c3cc(C(=O)O)ccc3oc12. The Morgan fingerprint density at radius 1 is 0.914 bits per heavy atom. The van der Waals surface area contributed by atoms with Crippen LogP contribution in [0.1, 0.15) is 81.5 Å². The zero-order chi connectivity index (χ0) is 25.4. The molecule has 35 heavy (non-hydrogen) atoms. The first kappa shape index (κ1) is 26.7. The van der Waals surface area contributed by atoms with Crippen molar-refractivity contribution in [3.63, 3.8) is 0 Å². The molecule has 1 aromatic heterocycles. The van der Waals surface area contributed by atoms with Gasteiger partial charge in [0.25, 0.3) is 0 Å². The van der Waals surface area contributed by atoms with Gasteiger partial charge in [0.15, 0.2) is 21.2 Å². The Morgan fingerprint density at radius 3 is 2.14 bits per heavy atom. The third-order valence-electron chi connectivity index (χ3n) is 6.14. The fourth-order valence-corrected chi connectivity index (χ4v) is 4.78. The highest BCUT2D eigenvalue weighted by atomic mass is 32.2. The van der Waals surface area contributed by atoms with Gasteiger partial charge in [-0.1, -0.05) is 64.7 Å². The Labute approximate surface area is 206 Å². The molecule has 0 spiro atoms. The van der Waals surface area contributed by atoms with Crippen LogP contribution in [0.25, 0.3) is 21.9 Å². The normalized spacial score (nSPS) is 11.8. The average Bonchev–Trinajstić information content (AvgIpc) is 2.82. The van der Waals surface area contributed by atoms with Gasteiger partial charge < -0.3 is 14.3 Å². The van der Waals surface area contributed by atoms with Crippen molar-refractivity contribution in [3.05, 3.63) is 46.1 Å². The van der Waals surface area contributed by atoms with Crippen LogP contribution in [0.5, 0.6) is 5.75 Å². The predicted octanol–water partition coefficient (Wildman–Crippen LogP) is 6.35. The number of carboxylic acid groups (broad SMARTS) is 1. The first-order valence-electron chi connectivity index (χ1n) is 12.3. The van der Waals surface area contributed by atoms with Crippen molar-refractivity contribution in [2.24, 2.45) is 0 Å². The van der Waals surface area contributed by atoms with E-state index in [4.69, 9.17) is 9.15 Å². The minimum Gasteiger partial charge on any atom is -0.490 e. The van der Waals surface area contributed by atoms with Crippen molar-refractivity contribution in [1.29, 1.82) is 0 Å². The van der Waals surface area contributed by atoms with Crippen LogP contribution in [0, 0.1) is 0 Å². The molecule has 0 aliphatic heterocycles. The van der Waals surface area contributed by atoms with E-state index in [-0.39, 0.29) is 38.1 Å². The first-order chi connectivity index (χ1) is 16.7. The number of fused-ring (bicyclic) bond motifs is 2. The van der Waals surface area contributed by atoms with E-state index in [9.17, 15) is 23.1 Å². The van der Waals surface area contributed by atoms with E-state index in [0.717, 1.165) is 25.5 Å². The molecule has 0 radical (unpaired) electrons. The molecule has 0 fully saturated rings. The number of carbonyl (C=O) groups is 1. The van der Waals surface area contributed by atoms with E-state index in [1.165, 1.54) is 75.3 Å². The fourth-order valence-electron chi connectivity index (χ4n) is 4.13. The number of sulfone groups is 1. The molecule has 190 valence electrons. The van der Waals surface area contributed by atoms with Gasteiger partial charge in [-0.05, 0) is 30.7 Å². The van der Waals surface area contributed by atoms with Crippen LogP contribution in [-0.4, -0.2) is 32.4 Å². The van der Waals surface area contributed by atoms with Gasteiger partial charge in [-0.25, -0.2) is 13.2 Å². The molecule has 2 aromatic carbocycles. The zero-order valence-corrected chi connectivity index (χ0v) is 21.3. The lowest BCUT2D eigenvalue weighted by Crippen LogP contribution is -2.08. The number of benzene rings is 2. The van der Waals surface area contributed by atoms with Gasteiger partial charge in [-0.2, -0.15) is 0 Å². The number of ether oxygens (including phenoxy) is 1. The minimum atomic E-state index is -3.62. The third kappa shape index (κ3) is 7.07. The van der Waals surface area contributed by atoms with Crippen LogP contribution in [0.2, 0.25) is 0 Å². The van der Waals surface area contributed by atoms with E-state index in [1.807, 2.05) is 0 Å². The van der Waals surface area contributed by atoms with Crippen molar-refractivity contribution < 1.29 is 27.5 Å². The van der Waals surface area contributed by atoms with Gasteiger partial charge in [0.2, 0.25) is 5.43 Å². The number of rotatable bonds is 14. The molecule has 0 aliphatic rings. The fraction of sp³-hybridized carbons (Fsp3) is 0.481. The zero-order valence-electron chi connectivity index (χ0n) is 20.5. The molecule has 1 heterocycles. The number of unbranched alkanes of at least 4 members (excludes halogenated alkanes) is 9. The van der Waals surface area contributed by atoms with E-state index in [2.05, 4.69) is 6.92 Å². The predicted molar refractivity (Wildman–Crippen MR) is 137 cm³/mol. The second-order valence-corrected chi connectivity index (χ2v) is 11.1. The van der Waals surface area contributed by atoms with Gasteiger partial charge in [-0.15, -0.1) is 0 Å². The Hall–Kier alpha value is -2.87. The molecule has 0 saturated carbocycles. The maximum absolute atomic E-state index is 13.2. The molecule has 3 aromatic rings. The molecule has 0 unspecified atom stereocenters. The highest BCUT2D eigenvalue weighted by Gasteiger charge is 2.19. The third-order valence-corrected chi connectivity index (χ3v) is 7.23. The second kappa shape index (κ2) is 12.2. The lowest BCUT2D eigenvalue weighted by atomic mass is 10.1. The van der Waals surface area contributed by atoms with Gasteiger partial charge in [0.05, 0.1) is 27.8 Å². The molecule has 0 bridgehead atoms. The Balaban J connectivity index is 1.75. The number of hydrogen-bond acceptors (Lipinski definition) is 6. The summed E-state index contributed by atoms with van der Waals surface area (Å²) in [7, 11) is -3.62. The maximum atomic E-state index is 13.2. The van der Waals surface area contributed by atoms with Crippen LogP contribution in [0.4, 0.5) is 0 Å². The molecule has 8 heteroatoms. The van der Waals surface area contributed by atoms with Gasteiger partial charge >= 0.3 is 5.97 Å². The maximum Gasteiger partial charge on any atom is 0.335 e. The molecule has 7 nitrogen and oxygen atoms in total. The monoisotopic (exact) mass is 502 g/mol. The lowest BCUT2D eigenvalue weighted by Gasteiger charge is -2.11. The van der Waals surface area contributed by atoms with E-state index in [0.29, 0.717) is 6.61 Å². The van der Waals surface area contributed by atoms with E-state index in [1.54, 1.807) is 0 Å². The molecule has 0 aliphatic carbocycles. The summed E-state index contributed by atoms with van der Waals surface area (Å²) in [5.41, 5.74) is -0.187. The number of hydrogen-bond donors (Lipinski definition) is 1. The summed E-state index contributed by atoms with van der Waals surface area (Å²) >= 11 is 0. The summed E-state index contributed by atoms with van der Waals surface area (Å²) in [5.74, 6) is -0.975. The molecule has 0 saturated heterocycles. The topological polar surface area (TPSA) is 111 Å². The summed E-state index contributed by atoms with van der Waals surface area (Å²) in [4.78, 5) is 24.4. The molecule has 0 atom stereocenters. The smallest absolute Gasteiger partial charge is 0.335 e. The molecule has 1 N–H and O–H groups in total. The summed E-state index contributed by atoms with van der Waals surface area (Å²) in [5, 5.41) is 9.36. The highest BCUT2D eigenvalue weighted by molar-refractivity contribution is 7.90. The molecular formula is C27H34O7S. The van der Waals surface area contributed by atoms with Gasteiger partial charge in [0.1, 0.15) is 5.58 Å². The molecular weight excluding hydrogens is 468 g/mol. The van der Waals surface area contributed by atoms with Crippen LogP contribution in [-0.2, 0) is 9.84 Å². The quantitative estimate of drug-likeness (QED) is 0.202. The van der Waals surface area contributed by atoms with E-state index < -0.39 is 21.2 Å². The summed E-state index contributed by atoms with van der Waals surface area (Å²) in [6.07, 6.45) is 12.9. The van der Waals surface area contributed by atoms with Gasteiger partial charge in [0, 0.05) is 12.3 Å². The van der Waals surface area contributed by atoms with Crippen molar-refractivity contribution in [1.82, 2.24) is 0 Å². The number of carboxylic acids is 1. The van der Waals surface area contributed by atoms with Crippen molar-refractivity contribution in [3.8, 4) is 5.75 Å². The second-order valence-electron chi connectivity index (χ2n) is 9.05. The highest BCUT2D eigenvalue weighted by Crippen LogP contribution is 2.31. The van der Waals surface area contributed by atoms with Gasteiger partial charge in [-0.3, -0.25) is 4.79 Å². The number of aromatic carboxylic acids is 1. The minimum absolute atomic E-state index is 0.0426. The standard InChI is InChI=1S/C27H34O7S/c1-3-4-5-6-7-8-9-10-11-12-15-33-24-18-20(35(2,31)32)17-22-25(28)21-16-19(27(29)30)13-14-23(21)34-26(22)24/h13-14,16-18H,3-12,15H2,1-2H3,(H,29,30). The van der Waals surface area contributed by atoms with Crippen LogP contribution in [0.15, 0.2) is 44.4 Å². The van der Waals surface area contributed by atoms with Crippen LogP contribution in [0.3, 0.4) is 0 Å². The van der Waals surface area contributed by atoms with E-state index >= 15 is 0 Å². The molecule has 0 amide bonds. The molecule has 3 rings (SSSR count). The average molecular weight is 503 g/mol. The van der Waals surface area contributed by atoms with Crippen LogP contribution >= 0.6 is 0 Å².